The monoisotopic (exact) mass is 254 g/mol. The highest BCUT2D eigenvalue weighted by Gasteiger charge is 2.29. The Morgan fingerprint density at radius 1 is 0.688 bits per heavy atom. The van der Waals surface area contributed by atoms with Crippen molar-refractivity contribution in [2.75, 3.05) is 0 Å². The normalized spacial score (nSPS) is 12.2. The van der Waals surface area contributed by atoms with Gasteiger partial charge in [-0.05, 0) is 5.39 Å². The molecule has 0 N–H and O–H groups in total. The molecule has 2 aromatic carbocycles. The third-order valence-electron chi connectivity index (χ3n) is 2.60. The molecule has 0 unspecified atom stereocenters. The first-order valence-electron chi connectivity index (χ1n) is 4.40. The van der Waals surface area contributed by atoms with Gasteiger partial charge in [-0.1, -0.05) is 36.4 Å². The van der Waals surface area contributed by atoms with Crippen molar-refractivity contribution in [1.29, 1.82) is 0 Å². The zero-order valence-electron chi connectivity index (χ0n) is 8.10. The van der Waals surface area contributed by atoms with Crippen LogP contribution in [0, 0.1) is 0 Å². The van der Waals surface area contributed by atoms with Crippen molar-refractivity contribution in [1.82, 2.24) is 0 Å². The smallest absolute Gasteiger partial charge is 0.234 e. The van der Waals surface area contributed by atoms with E-state index in [1.54, 1.807) is 24.3 Å². The molecule has 0 saturated carbocycles. The SMILES string of the molecule is Cl.Cl.O=C1C(=O)c2cccc3cccc1c23. The number of benzene rings is 2. The standard InChI is InChI=1S/C12H6O2.2ClH/c13-11-8-5-1-3-7-4-2-6-9(10(7)8)12(11)14;;/h1-6H;2*1H. The fourth-order valence-corrected chi connectivity index (χ4v) is 1.96. The predicted octanol–water partition coefficient (Wildman–Crippen LogP) is 3.06. The van der Waals surface area contributed by atoms with E-state index in [4.69, 9.17) is 0 Å². The molecule has 2 nitrogen and oxygen atoms in total. The highest BCUT2D eigenvalue weighted by atomic mass is 35.5. The Kier molecular flexibility index (Phi) is 3.36. The Morgan fingerprint density at radius 3 is 1.56 bits per heavy atom. The van der Waals surface area contributed by atoms with E-state index in [9.17, 15) is 9.59 Å². The number of hydrogen-bond donors (Lipinski definition) is 0. The second kappa shape index (κ2) is 4.24. The van der Waals surface area contributed by atoms with Gasteiger partial charge < -0.3 is 0 Å². The van der Waals surface area contributed by atoms with E-state index in [2.05, 4.69) is 0 Å². The molecule has 0 bridgehead atoms. The van der Waals surface area contributed by atoms with Gasteiger partial charge in [0.1, 0.15) is 0 Å². The average molecular weight is 255 g/mol. The summed E-state index contributed by atoms with van der Waals surface area (Å²) in [5.74, 6) is -0.756. The van der Waals surface area contributed by atoms with Gasteiger partial charge in [0.05, 0.1) is 0 Å². The van der Waals surface area contributed by atoms with Gasteiger partial charge in [-0.15, -0.1) is 24.8 Å². The molecule has 0 fully saturated rings. The summed E-state index contributed by atoms with van der Waals surface area (Å²) in [5, 5.41) is 1.77. The van der Waals surface area contributed by atoms with Crippen LogP contribution in [-0.2, 0) is 0 Å². The summed E-state index contributed by atoms with van der Waals surface area (Å²) < 4.78 is 0. The Bertz CT molecular complexity index is 542. The number of rotatable bonds is 0. The lowest BCUT2D eigenvalue weighted by molar-refractivity contribution is 0.0825. The van der Waals surface area contributed by atoms with Crippen molar-refractivity contribution in [3.05, 3.63) is 47.5 Å². The van der Waals surface area contributed by atoms with Gasteiger partial charge >= 0.3 is 0 Å². The summed E-state index contributed by atoms with van der Waals surface area (Å²) in [5.41, 5.74) is 1.09. The van der Waals surface area contributed by atoms with Crippen molar-refractivity contribution in [3.63, 3.8) is 0 Å². The molecule has 0 aliphatic heterocycles. The van der Waals surface area contributed by atoms with Crippen LogP contribution in [0.4, 0.5) is 0 Å². The third-order valence-corrected chi connectivity index (χ3v) is 2.60. The van der Waals surface area contributed by atoms with Gasteiger partial charge in [0.25, 0.3) is 0 Å². The van der Waals surface area contributed by atoms with E-state index in [1.165, 1.54) is 0 Å². The molecule has 0 aromatic heterocycles. The Morgan fingerprint density at radius 2 is 1.12 bits per heavy atom. The summed E-state index contributed by atoms with van der Waals surface area (Å²) in [6, 6.07) is 10.8. The molecule has 4 heteroatoms. The number of Topliss-reactive ketones (excluding diaryl/α,β-unsaturated/α-hetero) is 2. The van der Waals surface area contributed by atoms with Gasteiger partial charge in [-0.3, -0.25) is 9.59 Å². The summed E-state index contributed by atoms with van der Waals surface area (Å²) >= 11 is 0. The number of halogens is 2. The van der Waals surface area contributed by atoms with Crippen molar-refractivity contribution in [2.45, 2.75) is 0 Å². The summed E-state index contributed by atoms with van der Waals surface area (Å²) in [6.07, 6.45) is 0. The van der Waals surface area contributed by atoms with Crippen molar-refractivity contribution in [3.8, 4) is 0 Å². The molecule has 0 amide bonds. The van der Waals surface area contributed by atoms with E-state index < -0.39 is 0 Å². The van der Waals surface area contributed by atoms with E-state index >= 15 is 0 Å². The minimum Gasteiger partial charge on any atom is -0.285 e. The first kappa shape index (κ1) is 12.7. The average Bonchev–Trinajstić information content (AvgIpc) is 2.47. The Balaban J connectivity index is 0.000000640. The van der Waals surface area contributed by atoms with Crippen molar-refractivity contribution in [2.24, 2.45) is 0 Å². The summed E-state index contributed by atoms with van der Waals surface area (Å²) in [6.45, 7) is 0. The van der Waals surface area contributed by atoms with Crippen LogP contribution >= 0.6 is 24.8 Å². The van der Waals surface area contributed by atoms with Crippen LogP contribution in [0.25, 0.3) is 10.8 Å². The fourth-order valence-electron chi connectivity index (χ4n) is 1.96. The second-order valence-corrected chi connectivity index (χ2v) is 3.37. The Labute approximate surface area is 104 Å². The quantitative estimate of drug-likeness (QED) is 0.678. The third kappa shape index (κ3) is 1.42. The zero-order chi connectivity index (χ0) is 9.71. The summed E-state index contributed by atoms with van der Waals surface area (Å²) in [7, 11) is 0. The van der Waals surface area contributed by atoms with Gasteiger partial charge in [-0.2, -0.15) is 0 Å². The zero-order valence-corrected chi connectivity index (χ0v) is 9.73. The first-order valence-corrected chi connectivity index (χ1v) is 4.40. The van der Waals surface area contributed by atoms with Crippen LogP contribution in [0.1, 0.15) is 20.7 Å². The molecule has 82 valence electrons. The van der Waals surface area contributed by atoms with Crippen LogP contribution < -0.4 is 0 Å². The van der Waals surface area contributed by atoms with Crippen LogP contribution in [-0.4, -0.2) is 11.6 Å². The van der Waals surface area contributed by atoms with Crippen LogP contribution in [0.2, 0.25) is 0 Å². The largest absolute Gasteiger partial charge is 0.285 e. The van der Waals surface area contributed by atoms with E-state index in [0.29, 0.717) is 11.1 Å². The van der Waals surface area contributed by atoms with Crippen LogP contribution in [0.5, 0.6) is 0 Å². The van der Waals surface area contributed by atoms with Gasteiger partial charge in [0, 0.05) is 16.5 Å². The second-order valence-electron chi connectivity index (χ2n) is 3.37. The highest BCUT2D eigenvalue weighted by molar-refractivity contribution is 6.57. The lowest BCUT2D eigenvalue weighted by Gasteiger charge is -1.97. The molecule has 2 aromatic rings. The molecule has 1 aliphatic rings. The Hall–Kier alpha value is -1.38. The molecular formula is C12H8Cl2O2. The van der Waals surface area contributed by atoms with Gasteiger partial charge in [0.2, 0.25) is 11.6 Å². The topological polar surface area (TPSA) is 34.1 Å². The lowest BCUT2D eigenvalue weighted by atomic mass is 10.1. The maximum absolute atomic E-state index is 11.5. The highest BCUT2D eigenvalue weighted by Crippen LogP contribution is 2.30. The van der Waals surface area contributed by atoms with Gasteiger partial charge in [0.15, 0.2) is 0 Å². The summed E-state index contributed by atoms with van der Waals surface area (Å²) in [4.78, 5) is 23.1. The minimum atomic E-state index is -0.378. The molecule has 1 aliphatic carbocycles. The maximum atomic E-state index is 11.5. The fraction of sp³-hybridized carbons (Fsp3) is 0. The molecule has 0 atom stereocenters. The molecule has 0 radical (unpaired) electrons. The number of hydrogen-bond acceptors (Lipinski definition) is 2. The lowest BCUT2D eigenvalue weighted by Crippen LogP contribution is -2.05. The van der Waals surface area contributed by atoms with E-state index in [0.717, 1.165) is 10.8 Å². The maximum Gasteiger partial charge on any atom is 0.234 e. The molecule has 0 spiro atoms. The van der Waals surface area contributed by atoms with E-state index in [-0.39, 0.29) is 36.4 Å². The van der Waals surface area contributed by atoms with Crippen LogP contribution in [0.15, 0.2) is 36.4 Å². The van der Waals surface area contributed by atoms with Crippen molar-refractivity contribution < 1.29 is 9.59 Å². The molecule has 3 rings (SSSR count). The number of carbonyl (C=O) groups excluding carboxylic acids is 2. The number of ketones is 2. The molecule has 0 saturated heterocycles. The number of carbonyl (C=O) groups is 2. The molecule has 0 heterocycles. The van der Waals surface area contributed by atoms with Crippen LogP contribution in [0.3, 0.4) is 0 Å². The van der Waals surface area contributed by atoms with Crippen molar-refractivity contribution >= 4 is 47.2 Å². The minimum absolute atomic E-state index is 0. The first-order chi connectivity index (χ1) is 6.79. The van der Waals surface area contributed by atoms with E-state index in [1.807, 2.05) is 12.1 Å². The molecule has 16 heavy (non-hydrogen) atoms. The van der Waals surface area contributed by atoms with Gasteiger partial charge in [-0.25, -0.2) is 0 Å². The molecular weight excluding hydrogens is 247 g/mol. The predicted molar refractivity (Wildman–Crippen MR) is 67.1 cm³/mol.